The van der Waals surface area contributed by atoms with Crippen LogP contribution < -0.4 is 5.32 Å². The van der Waals surface area contributed by atoms with Crippen molar-refractivity contribution in [2.75, 3.05) is 19.6 Å². The zero-order chi connectivity index (χ0) is 17.1. The van der Waals surface area contributed by atoms with Crippen molar-refractivity contribution in [1.82, 2.24) is 10.2 Å². The van der Waals surface area contributed by atoms with Crippen LogP contribution in [0.1, 0.15) is 50.9 Å². The van der Waals surface area contributed by atoms with Gasteiger partial charge in [-0.3, -0.25) is 4.79 Å². The van der Waals surface area contributed by atoms with Gasteiger partial charge >= 0.3 is 6.09 Å². The van der Waals surface area contributed by atoms with Crippen molar-refractivity contribution in [3.63, 3.8) is 0 Å². The zero-order valence-corrected chi connectivity index (χ0v) is 14.3. The second kappa shape index (κ2) is 6.64. The molecule has 0 aromatic carbocycles. The van der Waals surface area contributed by atoms with Crippen LogP contribution in [0.5, 0.6) is 0 Å². The third-order valence-corrected chi connectivity index (χ3v) is 4.08. The first-order chi connectivity index (χ1) is 10.7. The second-order valence-corrected chi connectivity index (χ2v) is 7.47. The molecule has 0 unspecified atom stereocenters. The van der Waals surface area contributed by atoms with E-state index in [-0.39, 0.29) is 17.4 Å². The Hall–Kier alpha value is -1.98. The van der Waals surface area contributed by atoms with E-state index in [2.05, 4.69) is 12.2 Å². The molecule has 2 heterocycles. The molecule has 0 spiro atoms. The van der Waals surface area contributed by atoms with E-state index < -0.39 is 5.60 Å². The Kier molecular flexibility index (Phi) is 5.02. The molecular formula is C17H26N2O4. The standard InChI is InChI=1S/C17H26N2O4/c1-16(2,3)23-15(21)19-8-6-17(4,7-9-19)12-18-14(20)13-5-10-22-11-13/h5,10-11H,6-9,12H2,1-4H3,(H,18,20). The maximum absolute atomic E-state index is 12.1. The summed E-state index contributed by atoms with van der Waals surface area (Å²) in [5.41, 5.74) is 0.0358. The molecule has 1 N–H and O–H groups in total. The summed E-state index contributed by atoms with van der Waals surface area (Å²) in [4.78, 5) is 25.8. The molecule has 0 aliphatic carbocycles. The Morgan fingerprint density at radius 2 is 2.00 bits per heavy atom. The first kappa shape index (κ1) is 17.4. The minimum absolute atomic E-state index is 0.0160. The van der Waals surface area contributed by atoms with Crippen LogP contribution in [0.15, 0.2) is 23.0 Å². The predicted molar refractivity (Wildman–Crippen MR) is 86.2 cm³/mol. The van der Waals surface area contributed by atoms with E-state index in [4.69, 9.17) is 9.15 Å². The molecule has 0 bridgehead atoms. The van der Waals surface area contributed by atoms with E-state index in [1.165, 1.54) is 12.5 Å². The molecule has 0 saturated carbocycles. The number of amides is 2. The van der Waals surface area contributed by atoms with Gasteiger partial charge in [0.1, 0.15) is 11.9 Å². The molecular weight excluding hydrogens is 296 g/mol. The van der Waals surface area contributed by atoms with Crippen molar-refractivity contribution in [1.29, 1.82) is 0 Å². The van der Waals surface area contributed by atoms with Gasteiger partial charge in [-0.1, -0.05) is 6.92 Å². The molecule has 1 saturated heterocycles. The summed E-state index contributed by atoms with van der Waals surface area (Å²) in [7, 11) is 0. The molecule has 1 aliphatic rings. The fraction of sp³-hybridized carbons (Fsp3) is 0.647. The Morgan fingerprint density at radius 1 is 1.35 bits per heavy atom. The first-order valence-electron chi connectivity index (χ1n) is 7.97. The van der Waals surface area contributed by atoms with Gasteiger partial charge in [-0.05, 0) is 45.1 Å². The number of hydrogen-bond acceptors (Lipinski definition) is 4. The van der Waals surface area contributed by atoms with E-state index in [1.54, 1.807) is 11.0 Å². The fourth-order valence-electron chi connectivity index (χ4n) is 2.52. The highest BCUT2D eigenvalue weighted by Gasteiger charge is 2.33. The van der Waals surface area contributed by atoms with Crippen LogP contribution in [0.2, 0.25) is 0 Å². The Labute approximate surface area is 137 Å². The van der Waals surface area contributed by atoms with Crippen molar-refractivity contribution in [2.24, 2.45) is 5.41 Å². The molecule has 2 amide bonds. The van der Waals surface area contributed by atoms with Gasteiger partial charge < -0.3 is 19.4 Å². The van der Waals surface area contributed by atoms with Crippen LogP contribution in [0, 0.1) is 5.41 Å². The van der Waals surface area contributed by atoms with Crippen LogP contribution in [0.4, 0.5) is 4.79 Å². The van der Waals surface area contributed by atoms with Crippen LogP contribution in [-0.2, 0) is 4.74 Å². The monoisotopic (exact) mass is 322 g/mol. The number of piperidine rings is 1. The van der Waals surface area contributed by atoms with Crippen LogP contribution in [0.3, 0.4) is 0 Å². The lowest BCUT2D eigenvalue weighted by atomic mass is 9.80. The highest BCUT2D eigenvalue weighted by molar-refractivity contribution is 5.93. The first-order valence-corrected chi connectivity index (χ1v) is 7.97. The molecule has 0 atom stereocenters. The second-order valence-electron chi connectivity index (χ2n) is 7.47. The SMILES string of the molecule is CC1(CNC(=O)c2ccoc2)CCN(C(=O)OC(C)(C)C)CC1. The maximum Gasteiger partial charge on any atom is 0.410 e. The van der Waals surface area contributed by atoms with E-state index in [0.29, 0.717) is 25.2 Å². The molecule has 23 heavy (non-hydrogen) atoms. The van der Waals surface area contributed by atoms with Crippen molar-refractivity contribution in [3.8, 4) is 0 Å². The summed E-state index contributed by atoms with van der Waals surface area (Å²) in [5, 5.41) is 2.94. The summed E-state index contributed by atoms with van der Waals surface area (Å²) in [6.45, 7) is 9.60. The number of likely N-dealkylation sites (tertiary alicyclic amines) is 1. The van der Waals surface area contributed by atoms with Crippen molar-refractivity contribution in [2.45, 2.75) is 46.1 Å². The normalized spacial score (nSPS) is 17.7. The van der Waals surface area contributed by atoms with E-state index in [0.717, 1.165) is 12.8 Å². The average molecular weight is 322 g/mol. The number of furan rings is 1. The lowest BCUT2D eigenvalue weighted by molar-refractivity contribution is 0.0118. The highest BCUT2D eigenvalue weighted by Crippen LogP contribution is 2.30. The molecule has 1 fully saturated rings. The molecule has 0 radical (unpaired) electrons. The average Bonchev–Trinajstić information content (AvgIpc) is 2.98. The summed E-state index contributed by atoms with van der Waals surface area (Å²) >= 11 is 0. The summed E-state index contributed by atoms with van der Waals surface area (Å²) in [6, 6.07) is 1.64. The van der Waals surface area contributed by atoms with Gasteiger partial charge in [-0.2, -0.15) is 0 Å². The van der Waals surface area contributed by atoms with Gasteiger partial charge in [-0.15, -0.1) is 0 Å². The van der Waals surface area contributed by atoms with Gasteiger partial charge in [-0.25, -0.2) is 4.79 Å². The van der Waals surface area contributed by atoms with E-state index in [1.807, 2.05) is 20.8 Å². The quantitative estimate of drug-likeness (QED) is 0.928. The maximum atomic E-state index is 12.1. The van der Waals surface area contributed by atoms with Crippen LogP contribution in [0.25, 0.3) is 0 Å². The lowest BCUT2D eigenvalue weighted by Gasteiger charge is -2.39. The minimum Gasteiger partial charge on any atom is -0.472 e. The molecule has 128 valence electrons. The third-order valence-electron chi connectivity index (χ3n) is 4.08. The van der Waals surface area contributed by atoms with Gasteiger partial charge in [0.25, 0.3) is 5.91 Å². The minimum atomic E-state index is -0.476. The predicted octanol–water partition coefficient (Wildman–Crippen LogP) is 3.05. The number of rotatable bonds is 3. The lowest BCUT2D eigenvalue weighted by Crippen LogP contribution is -2.47. The molecule has 6 heteroatoms. The molecule has 6 nitrogen and oxygen atoms in total. The van der Waals surface area contributed by atoms with Crippen LogP contribution in [-0.4, -0.2) is 42.1 Å². The fourth-order valence-corrected chi connectivity index (χ4v) is 2.52. The third kappa shape index (κ3) is 5.01. The van der Waals surface area contributed by atoms with Crippen molar-refractivity contribution < 1.29 is 18.7 Å². The largest absolute Gasteiger partial charge is 0.472 e. The van der Waals surface area contributed by atoms with Crippen LogP contribution >= 0.6 is 0 Å². The number of nitrogens with zero attached hydrogens (tertiary/aromatic N) is 1. The van der Waals surface area contributed by atoms with Crippen molar-refractivity contribution in [3.05, 3.63) is 24.2 Å². The van der Waals surface area contributed by atoms with Gasteiger partial charge in [0.2, 0.25) is 0 Å². The summed E-state index contributed by atoms with van der Waals surface area (Å²) in [6.07, 6.45) is 4.32. The van der Waals surface area contributed by atoms with E-state index >= 15 is 0 Å². The Morgan fingerprint density at radius 3 is 2.52 bits per heavy atom. The number of carbonyl (C=O) groups excluding carboxylic acids is 2. The summed E-state index contributed by atoms with van der Waals surface area (Å²) < 4.78 is 10.3. The summed E-state index contributed by atoms with van der Waals surface area (Å²) in [5.74, 6) is -0.130. The smallest absolute Gasteiger partial charge is 0.410 e. The molecule has 1 aromatic heterocycles. The molecule has 1 aromatic rings. The topological polar surface area (TPSA) is 71.8 Å². The molecule has 1 aliphatic heterocycles. The zero-order valence-electron chi connectivity index (χ0n) is 14.3. The Balaban J connectivity index is 1.80. The number of carbonyl (C=O) groups is 2. The van der Waals surface area contributed by atoms with Crippen molar-refractivity contribution >= 4 is 12.0 Å². The Bertz CT molecular complexity index is 537. The highest BCUT2D eigenvalue weighted by atomic mass is 16.6. The molecule has 2 rings (SSSR count). The number of hydrogen-bond donors (Lipinski definition) is 1. The van der Waals surface area contributed by atoms with Gasteiger partial charge in [0, 0.05) is 19.6 Å². The van der Waals surface area contributed by atoms with Gasteiger partial charge in [0.15, 0.2) is 0 Å². The van der Waals surface area contributed by atoms with E-state index in [9.17, 15) is 9.59 Å². The number of nitrogens with one attached hydrogen (secondary N) is 1. The number of ether oxygens (including phenoxy) is 1. The van der Waals surface area contributed by atoms with Gasteiger partial charge in [0.05, 0.1) is 11.8 Å².